The summed E-state index contributed by atoms with van der Waals surface area (Å²) in [5.74, 6) is -0.953. The molecular formula is C26H25N3O2. The first-order chi connectivity index (χ1) is 15.1. The molecule has 0 radical (unpaired) electrons. The van der Waals surface area contributed by atoms with Gasteiger partial charge in [-0.3, -0.25) is 9.59 Å². The van der Waals surface area contributed by atoms with Gasteiger partial charge in [-0.15, -0.1) is 0 Å². The van der Waals surface area contributed by atoms with Gasteiger partial charge in [0, 0.05) is 6.42 Å². The number of hydrogen-bond donors (Lipinski definition) is 2. The molecule has 156 valence electrons. The second-order valence-corrected chi connectivity index (χ2v) is 7.33. The zero-order valence-corrected chi connectivity index (χ0v) is 17.2. The van der Waals surface area contributed by atoms with Crippen molar-refractivity contribution in [2.75, 3.05) is 0 Å². The third-order valence-electron chi connectivity index (χ3n) is 5.39. The van der Waals surface area contributed by atoms with Crippen molar-refractivity contribution in [2.24, 2.45) is 5.73 Å². The molecule has 0 bridgehead atoms. The van der Waals surface area contributed by atoms with Crippen molar-refractivity contribution >= 4 is 11.8 Å². The molecule has 5 nitrogen and oxygen atoms in total. The van der Waals surface area contributed by atoms with Crippen molar-refractivity contribution < 1.29 is 9.59 Å². The molecule has 3 aromatic rings. The number of nitrogens with two attached hydrogens (primary N) is 1. The summed E-state index contributed by atoms with van der Waals surface area (Å²) in [5, 5.41) is 11.7. The lowest BCUT2D eigenvalue weighted by molar-refractivity contribution is -0.129. The summed E-state index contributed by atoms with van der Waals surface area (Å²) >= 11 is 0. The number of nitrogens with one attached hydrogen (secondary N) is 1. The first kappa shape index (κ1) is 21.8. The van der Waals surface area contributed by atoms with Gasteiger partial charge in [-0.1, -0.05) is 91.0 Å². The molecule has 5 heteroatoms. The van der Waals surface area contributed by atoms with E-state index in [1.54, 1.807) is 0 Å². The zero-order valence-electron chi connectivity index (χ0n) is 17.2. The Bertz CT molecular complexity index is 948. The summed E-state index contributed by atoms with van der Waals surface area (Å²) < 4.78 is 0. The fraction of sp³-hybridized carbons (Fsp3) is 0.192. The van der Waals surface area contributed by atoms with Crippen molar-refractivity contribution in [1.29, 1.82) is 5.26 Å². The van der Waals surface area contributed by atoms with E-state index in [1.165, 1.54) is 0 Å². The van der Waals surface area contributed by atoms with E-state index in [2.05, 4.69) is 11.4 Å². The van der Waals surface area contributed by atoms with Crippen molar-refractivity contribution in [3.8, 4) is 6.07 Å². The van der Waals surface area contributed by atoms with E-state index in [0.29, 0.717) is 19.3 Å². The van der Waals surface area contributed by atoms with Gasteiger partial charge in [0.2, 0.25) is 11.8 Å². The van der Waals surface area contributed by atoms with E-state index in [4.69, 9.17) is 11.0 Å². The second kappa shape index (κ2) is 10.2. The summed E-state index contributed by atoms with van der Waals surface area (Å²) in [6.07, 6.45) is 1.07. The molecule has 2 amide bonds. The molecule has 3 N–H and O–H groups in total. The highest BCUT2D eigenvalue weighted by Gasteiger charge is 2.44. The SMILES string of the molecule is N#CCCC[C@@H](NC(=O)C(c1ccccc1)(c1ccccc1)c1ccccc1)C(N)=O. The highest BCUT2D eigenvalue weighted by Crippen LogP contribution is 2.39. The van der Waals surface area contributed by atoms with Crippen LogP contribution in [0.2, 0.25) is 0 Å². The molecule has 0 aliphatic carbocycles. The number of amides is 2. The number of nitriles is 1. The van der Waals surface area contributed by atoms with Crippen LogP contribution in [0.15, 0.2) is 91.0 Å². The lowest BCUT2D eigenvalue weighted by atomic mass is 9.68. The minimum atomic E-state index is -1.17. The molecule has 0 unspecified atom stereocenters. The van der Waals surface area contributed by atoms with Gasteiger partial charge >= 0.3 is 0 Å². The maximum atomic E-state index is 14.0. The van der Waals surface area contributed by atoms with Crippen LogP contribution < -0.4 is 11.1 Å². The van der Waals surface area contributed by atoms with Crippen molar-refractivity contribution in [3.63, 3.8) is 0 Å². The predicted molar refractivity (Wildman–Crippen MR) is 120 cm³/mol. The Balaban J connectivity index is 2.17. The number of primary amides is 1. The van der Waals surface area contributed by atoms with Crippen molar-refractivity contribution in [1.82, 2.24) is 5.32 Å². The molecule has 0 aliphatic heterocycles. The van der Waals surface area contributed by atoms with Crippen LogP contribution in [0.1, 0.15) is 36.0 Å². The second-order valence-electron chi connectivity index (χ2n) is 7.33. The van der Waals surface area contributed by atoms with Crippen LogP contribution in [0, 0.1) is 11.3 Å². The number of unbranched alkanes of at least 4 members (excludes halogenated alkanes) is 1. The standard InChI is InChI=1S/C26H25N3O2/c27-19-11-10-18-23(24(28)30)29-25(31)26(20-12-4-1-5-13-20,21-14-6-2-7-15-21)22-16-8-3-9-17-22/h1-9,12-17,23H,10-11,18H2,(H2,28,30)(H,29,31)/t23-/m1/s1. The molecular weight excluding hydrogens is 386 g/mol. The molecule has 0 spiro atoms. The zero-order chi connectivity index (χ0) is 22.1. The molecule has 31 heavy (non-hydrogen) atoms. The molecule has 0 saturated heterocycles. The maximum Gasteiger partial charge on any atom is 0.240 e. The van der Waals surface area contributed by atoms with Gasteiger partial charge in [-0.2, -0.15) is 5.26 Å². The highest BCUT2D eigenvalue weighted by atomic mass is 16.2. The summed E-state index contributed by atoms with van der Waals surface area (Å²) in [4.78, 5) is 26.1. The molecule has 0 saturated carbocycles. The Morgan fingerprint density at radius 3 is 1.61 bits per heavy atom. The van der Waals surface area contributed by atoms with Crippen LogP contribution >= 0.6 is 0 Å². The smallest absolute Gasteiger partial charge is 0.240 e. The van der Waals surface area contributed by atoms with E-state index in [1.807, 2.05) is 91.0 Å². The van der Waals surface area contributed by atoms with Crippen LogP contribution in [0.5, 0.6) is 0 Å². The summed E-state index contributed by atoms with van der Waals surface area (Å²) in [5.41, 5.74) is 6.76. The minimum absolute atomic E-state index is 0.293. The molecule has 0 aromatic heterocycles. The Morgan fingerprint density at radius 1 is 0.839 bits per heavy atom. The Hall–Kier alpha value is -3.91. The maximum absolute atomic E-state index is 14.0. The average molecular weight is 412 g/mol. The Kier molecular flexibility index (Phi) is 7.18. The summed E-state index contributed by atoms with van der Waals surface area (Å²) in [6.45, 7) is 0. The molecule has 0 fully saturated rings. The van der Waals surface area contributed by atoms with Crippen LogP contribution in [0.3, 0.4) is 0 Å². The van der Waals surface area contributed by atoms with E-state index >= 15 is 0 Å². The van der Waals surface area contributed by atoms with Gasteiger partial charge < -0.3 is 11.1 Å². The number of carbonyl (C=O) groups excluding carboxylic acids is 2. The average Bonchev–Trinajstić information content (AvgIpc) is 2.81. The highest BCUT2D eigenvalue weighted by molar-refractivity contribution is 5.98. The van der Waals surface area contributed by atoms with Gasteiger partial charge in [0.1, 0.15) is 11.5 Å². The normalized spacial score (nSPS) is 11.8. The summed E-state index contributed by atoms with van der Waals surface area (Å²) in [6, 6.07) is 29.7. The Morgan fingerprint density at radius 2 is 1.26 bits per heavy atom. The summed E-state index contributed by atoms with van der Waals surface area (Å²) in [7, 11) is 0. The largest absolute Gasteiger partial charge is 0.368 e. The third-order valence-corrected chi connectivity index (χ3v) is 5.39. The van der Waals surface area contributed by atoms with Gasteiger partial charge in [-0.05, 0) is 29.5 Å². The molecule has 3 rings (SSSR count). The van der Waals surface area contributed by atoms with Crippen molar-refractivity contribution in [3.05, 3.63) is 108 Å². The fourth-order valence-electron chi connectivity index (χ4n) is 3.90. The monoisotopic (exact) mass is 411 g/mol. The van der Waals surface area contributed by atoms with E-state index < -0.39 is 17.4 Å². The fourth-order valence-corrected chi connectivity index (χ4v) is 3.90. The molecule has 0 heterocycles. The number of benzene rings is 3. The van der Waals surface area contributed by atoms with Gasteiger partial charge in [0.25, 0.3) is 0 Å². The number of hydrogen-bond acceptors (Lipinski definition) is 3. The molecule has 1 atom stereocenters. The third kappa shape index (κ3) is 4.65. The minimum Gasteiger partial charge on any atom is -0.368 e. The van der Waals surface area contributed by atoms with Crippen LogP contribution in [0.4, 0.5) is 0 Å². The first-order valence-corrected chi connectivity index (χ1v) is 10.2. The topological polar surface area (TPSA) is 96.0 Å². The lowest BCUT2D eigenvalue weighted by Gasteiger charge is -2.35. The van der Waals surface area contributed by atoms with Gasteiger partial charge in [0.15, 0.2) is 0 Å². The number of rotatable bonds is 9. The van der Waals surface area contributed by atoms with Crippen LogP contribution in [0.25, 0.3) is 0 Å². The van der Waals surface area contributed by atoms with Crippen molar-refractivity contribution in [2.45, 2.75) is 30.7 Å². The number of nitrogens with zero attached hydrogens (tertiary/aromatic N) is 1. The van der Waals surface area contributed by atoms with E-state index in [9.17, 15) is 9.59 Å². The lowest BCUT2D eigenvalue weighted by Crippen LogP contribution is -2.53. The van der Waals surface area contributed by atoms with E-state index in [-0.39, 0.29) is 5.91 Å². The molecule has 3 aromatic carbocycles. The van der Waals surface area contributed by atoms with Crippen LogP contribution in [-0.4, -0.2) is 17.9 Å². The Labute approximate surface area is 182 Å². The van der Waals surface area contributed by atoms with Crippen LogP contribution in [-0.2, 0) is 15.0 Å². The van der Waals surface area contributed by atoms with E-state index in [0.717, 1.165) is 16.7 Å². The van der Waals surface area contributed by atoms with Gasteiger partial charge in [-0.25, -0.2) is 0 Å². The quantitative estimate of drug-likeness (QED) is 0.415. The molecule has 0 aliphatic rings. The first-order valence-electron chi connectivity index (χ1n) is 10.2. The predicted octanol–water partition coefficient (Wildman–Crippen LogP) is 3.68. The number of carbonyl (C=O) groups is 2. The van der Waals surface area contributed by atoms with Gasteiger partial charge in [0.05, 0.1) is 6.07 Å².